The highest BCUT2D eigenvalue weighted by Gasteiger charge is 2.22. The monoisotopic (exact) mass is 1310 g/mol. The van der Waals surface area contributed by atoms with Gasteiger partial charge in [-0.25, -0.2) is 19.9 Å². The molecule has 20 aromatic rings. The van der Waals surface area contributed by atoms with Crippen molar-refractivity contribution >= 4 is 107 Å². The van der Waals surface area contributed by atoms with Crippen molar-refractivity contribution in [3.05, 3.63) is 352 Å². The van der Waals surface area contributed by atoms with Crippen molar-refractivity contribution in [1.82, 2.24) is 29.1 Å². The Labute approximate surface area is 585 Å². The van der Waals surface area contributed by atoms with Crippen molar-refractivity contribution in [2.24, 2.45) is 0 Å². The van der Waals surface area contributed by atoms with Crippen molar-refractivity contribution in [2.45, 2.75) is 0 Å². The smallest absolute Gasteiger partial charge is 0.161 e. The number of para-hydroxylation sites is 3. The second-order valence-corrected chi connectivity index (χ2v) is 27.3. The molecule has 0 bridgehead atoms. The van der Waals surface area contributed by atoms with Gasteiger partial charge in [0.25, 0.3) is 0 Å². The van der Waals surface area contributed by atoms with Crippen LogP contribution in [0.1, 0.15) is 0 Å². The molecule has 0 aliphatic rings. The van der Waals surface area contributed by atoms with E-state index in [1.54, 1.807) is 22.7 Å². The molecule has 0 aliphatic carbocycles. The van der Waals surface area contributed by atoms with Gasteiger partial charge < -0.3 is 9.13 Å². The average molecular weight is 1310 g/mol. The Morgan fingerprint density at radius 3 is 0.930 bits per heavy atom. The first kappa shape index (κ1) is 58.6. The van der Waals surface area contributed by atoms with Gasteiger partial charge in [0.15, 0.2) is 11.6 Å². The number of nitrogens with zero attached hydrogens (tertiary/aromatic N) is 6. The second kappa shape index (κ2) is 24.7. The van der Waals surface area contributed by atoms with Crippen molar-refractivity contribution in [3.8, 4) is 101 Å². The van der Waals surface area contributed by atoms with E-state index in [9.17, 15) is 0 Å². The van der Waals surface area contributed by atoms with Crippen LogP contribution in [0.15, 0.2) is 352 Å². The zero-order valence-electron chi connectivity index (χ0n) is 54.0. The molecule has 0 amide bonds. The highest BCUT2D eigenvalue weighted by atomic mass is 32.1. The van der Waals surface area contributed by atoms with E-state index in [-0.39, 0.29) is 0 Å². The SMILES string of the molecule is c1ccc(-c2ccc3c(c2)c2cc(-c4cccc(-c5nc(-c6ccccc6)nc6sc7ccccc7c56)c4)ccc2n3-c2ccccc2)cc1.c1ccc(-c2nc(-c3cccc(-c4cccc(-c5ccc6c(c5)c5ccccc5n6-c5ccccc5)c4)c3)c3c(n2)sc2ccccc23)cc1. The minimum Gasteiger partial charge on any atom is -0.309 e. The molecule has 468 valence electrons. The molecule has 6 nitrogen and oxygen atoms in total. The van der Waals surface area contributed by atoms with Crippen LogP contribution >= 0.6 is 22.7 Å². The van der Waals surface area contributed by atoms with Gasteiger partial charge in [-0.3, -0.25) is 0 Å². The van der Waals surface area contributed by atoms with Gasteiger partial charge >= 0.3 is 0 Å². The summed E-state index contributed by atoms with van der Waals surface area (Å²) in [6.45, 7) is 0. The lowest BCUT2D eigenvalue weighted by Crippen LogP contribution is -1.94. The molecule has 100 heavy (non-hydrogen) atoms. The minimum atomic E-state index is 0.745. The number of rotatable bonds is 10. The maximum Gasteiger partial charge on any atom is 0.161 e. The van der Waals surface area contributed by atoms with Crippen LogP contribution in [0.4, 0.5) is 0 Å². The Balaban J connectivity index is 0.000000139. The predicted octanol–water partition coefficient (Wildman–Crippen LogP) is 25.2. The van der Waals surface area contributed by atoms with Crippen molar-refractivity contribution in [3.63, 3.8) is 0 Å². The van der Waals surface area contributed by atoms with Crippen LogP contribution in [-0.4, -0.2) is 29.1 Å². The van der Waals surface area contributed by atoms with Gasteiger partial charge in [0.1, 0.15) is 9.66 Å². The first-order valence-corrected chi connectivity index (χ1v) is 35.3. The van der Waals surface area contributed by atoms with Gasteiger partial charge in [0.05, 0.1) is 33.5 Å². The highest BCUT2D eigenvalue weighted by molar-refractivity contribution is 7.26. The zero-order chi connectivity index (χ0) is 66.0. The Bertz CT molecular complexity index is 6510. The van der Waals surface area contributed by atoms with Crippen LogP contribution in [0.2, 0.25) is 0 Å². The summed E-state index contributed by atoms with van der Waals surface area (Å²) in [5.41, 5.74) is 22.7. The lowest BCUT2D eigenvalue weighted by atomic mass is 9.96. The number of thiophene rings is 2. The number of hydrogen-bond acceptors (Lipinski definition) is 6. The van der Waals surface area contributed by atoms with E-state index in [1.165, 1.54) is 103 Å². The molecule has 0 unspecified atom stereocenters. The lowest BCUT2D eigenvalue weighted by molar-refractivity contribution is 1.18. The molecule has 0 N–H and O–H groups in total. The molecule has 20 rings (SSSR count). The van der Waals surface area contributed by atoms with E-state index in [4.69, 9.17) is 19.9 Å². The Kier molecular flexibility index (Phi) is 14.5. The fraction of sp³-hybridized carbons (Fsp3) is 0. The fourth-order valence-electron chi connectivity index (χ4n) is 14.5. The normalized spacial score (nSPS) is 11.6. The molecule has 14 aromatic carbocycles. The summed E-state index contributed by atoms with van der Waals surface area (Å²) >= 11 is 3.46. The molecular formula is C92H58N6S2. The number of aromatic nitrogens is 6. The maximum atomic E-state index is 5.26. The Morgan fingerprint density at radius 2 is 0.500 bits per heavy atom. The van der Waals surface area contributed by atoms with E-state index in [1.807, 2.05) is 36.4 Å². The molecule has 6 aromatic heterocycles. The maximum absolute atomic E-state index is 5.26. The van der Waals surface area contributed by atoms with Crippen molar-refractivity contribution in [2.75, 3.05) is 0 Å². The molecule has 0 aliphatic heterocycles. The average Bonchev–Trinajstić information content (AvgIpc) is 1.59. The molecular weight excluding hydrogens is 1250 g/mol. The molecule has 0 saturated heterocycles. The van der Waals surface area contributed by atoms with Crippen molar-refractivity contribution < 1.29 is 0 Å². The summed E-state index contributed by atoms with van der Waals surface area (Å²) in [4.78, 5) is 22.6. The topological polar surface area (TPSA) is 61.4 Å². The van der Waals surface area contributed by atoms with Crippen LogP contribution in [0.3, 0.4) is 0 Å². The van der Waals surface area contributed by atoms with Crippen molar-refractivity contribution in [1.29, 1.82) is 0 Å². The van der Waals surface area contributed by atoms with Crippen LogP contribution in [0.5, 0.6) is 0 Å². The van der Waals surface area contributed by atoms with Gasteiger partial charge in [-0.2, -0.15) is 0 Å². The summed E-state index contributed by atoms with van der Waals surface area (Å²) < 4.78 is 7.18. The lowest BCUT2D eigenvalue weighted by Gasteiger charge is -2.11. The van der Waals surface area contributed by atoms with E-state index >= 15 is 0 Å². The van der Waals surface area contributed by atoms with Gasteiger partial charge in [-0.05, 0) is 142 Å². The summed E-state index contributed by atoms with van der Waals surface area (Å²) in [6, 6.07) is 125. The number of hydrogen-bond donors (Lipinski definition) is 0. The molecule has 0 spiro atoms. The molecule has 0 atom stereocenters. The van der Waals surface area contributed by atoms with Crippen LogP contribution in [-0.2, 0) is 0 Å². The van der Waals surface area contributed by atoms with E-state index in [2.05, 4.69) is 325 Å². The molecule has 8 heteroatoms. The molecule has 0 saturated carbocycles. The summed E-state index contributed by atoms with van der Waals surface area (Å²) in [5, 5.41) is 9.57. The molecule has 6 heterocycles. The van der Waals surface area contributed by atoms with Crippen LogP contribution < -0.4 is 0 Å². The van der Waals surface area contributed by atoms with E-state index in [0.717, 1.165) is 82.5 Å². The zero-order valence-corrected chi connectivity index (χ0v) is 55.6. The standard InChI is InChI=1S/2C46H29N3S/c1-4-13-30(14-5-1)33-23-25-40-38(28-33)39-29-34(24-26-41(39)49(40)36-19-8-3-9-20-36)32-17-12-18-35(27-32)44-43-37-21-10-11-22-42(37)50-46(43)48-45(47-44)31-15-6-2-7-16-31;1-3-13-30(14-4-1)45-47-44(43-38-22-8-10-24-42(38)50-46(43)48-45)35-18-12-17-33(28-35)31-15-11-16-32(27-31)34-25-26-41-39(29-34)37-21-7-9-23-40(37)49(41)36-19-5-2-6-20-36/h2*1-29H. The molecule has 0 radical (unpaired) electrons. The highest BCUT2D eigenvalue weighted by Crippen LogP contribution is 2.45. The first-order chi connectivity index (χ1) is 49.6. The third kappa shape index (κ3) is 10.4. The fourth-order valence-corrected chi connectivity index (χ4v) is 16.7. The Morgan fingerprint density at radius 1 is 0.200 bits per heavy atom. The summed E-state index contributed by atoms with van der Waals surface area (Å²) in [5.74, 6) is 1.49. The molecule has 0 fully saturated rings. The quantitative estimate of drug-likeness (QED) is 0.137. The summed E-state index contributed by atoms with van der Waals surface area (Å²) in [7, 11) is 0. The van der Waals surface area contributed by atoms with Gasteiger partial charge in [-0.1, -0.05) is 255 Å². The van der Waals surface area contributed by atoms with Gasteiger partial charge in [0, 0.05) is 86.1 Å². The Hall–Kier alpha value is -12.7. The van der Waals surface area contributed by atoms with Crippen LogP contribution in [0, 0.1) is 0 Å². The van der Waals surface area contributed by atoms with E-state index in [0.29, 0.717) is 0 Å². The number of fused-ring (bicyclic) bond motifs is 12. The third-order valence-electron chi connectivity index (χ3n) is 19.2. The van der Waals surface area contributed by atoms with Gasteiger partial charge in [0.2, 0.25) is 0 Å². The number of benzene rings is 14. The van der Waals surface area contributed by atoms with Crippen LogP contribution in [0.25, 0.3) is 185 Å². The predicted molar refractivity (Wildman–Crippen MR) is 422 cm³/mol. The summed E-state index contributed by atoms with van der Waals surface area (Å²) in [6.07, 6.45) is 0. The first-order valence-electron chi connectivity index (χ1n) is 33.7. The minimum absolute atomic E-state index is 0.745. The third-order valence-corrected chi connectivity index (χ3v) is 21.4. The van der Waals surface area contributed by atoms with Gasteiger partial charge in [-0.15, -0.1) is 22.7 Å². The second-order valence-electron chi connectivity index (χ2n) is 25.2. The van der Waals surface area contributed by atoms with E-state index < -0.39 is 0 Å². The largest absolute Gasteiger partial charge is 0.309 e.